The Kier molecular flexibility index (Phi) is 6.20. The molecule has 1 aromatic carbocycles. The third-order valence-electron chi connectivity index (χ3n) is 5.37. The number of carbonyl (C=O) groups excluding carboxylic acids is 1. The summed E-state index contributed by atoms with van der Waals surface area (Å²) in [5, 5.41) is 7.15. The van der Waals surface area contributed by atoms with Crippen molar-refractivity contribution in [3.63, 3.8) is 0 Å². The number of rotatable bonds is 7. The van der Waals surface area contributed by atoms with Gasteiger partial charge in [-0.2, -0.15) is 5.10 Å². The molecule has 0 radical (unpaired) electrons. The van der Waals surface area contributed by atoms with E-state index in [1.54, 1.807) is 37.0 Å². The molecule has 154 valence electrons. The Hall–Kier alpha value is -2.89. The van der Waals surface area contributed by atoms with E-state index in [0.717, 1.165) is 25.0 Å². The van der Waals surface area contributed by atoms with Crippen molar-refractivity contribution < 1.29 is 13.9 Å². The lowest BCUT2D eigenvalue weighted by Gasteiger charge is -2.31. The Labute approximate surface area is 171 Å². The average molecular weight is 397 g/mol. The molecule has 1 unspecified atom stereocenters. The molecule has 0 fully saturated rings. The van der Waals surface area contributed by atoms with Crippen LogP contribution in [0.2, 0.25) is 0 Å². The van der Waals surface area contributed by atoms with Gasteiger partial charge in [-0.3, -0.25) is 9.48 Å². The molecule has 1 aliphatic carbocycles. The number of aryl methyl sites for hydroxylation is 2. The van der Waals surface area contributed by atoms with Crippen molar-refractivity contribution in [2.24, 2.45) is 7.05 Å². The van der Waals surface area contributed by atoms with Crippen LogP contribution in [0.15, 0.2) is 48.1 Å². The smallest absolute Gasteiger partial charge is 0.269 e. The molecular weight excluding hydrogens is 369 g/mol. The molecule has 1 aliphatic rings. The van der Waals surface area contributed by atoms with Crippen molar-refractivity contribution >= 4 is 5.91 Å². The molecule has 1 atom stereocenters. The normalized spacial score (nSPS) is 18.4. The van der Waals surface area contributed by atoms with Crippen molar-refractivity contribution in [3.05, 3.63) is 70.8 Å². The first-order valence-electron chi connectivity index (χ1n) is 9.82. The van der Waals surface area contributed by atoms with Crippen LogP contribution in [0.4, 0.5) is 4.39 Å². The highest BCUT2D eigenvalue weighted by atomic mass is 19.1. The number of hydrogen-bond acceptors (Lipinski definition) is 3. The average Bonchev–Trinajstić information content (AvgIpc) is 3.03. The van der Waals surface area contributed by atoms with E-state index < -0.39 is 5.41 Å². The molecule has 1 N–H and O–H groups in total. The van der Waals surface area contributed by atoms with Crippen molar-refractivity contribution in [1.82, 2.24) is 15.1 Å². The van der Waals surface area contributed by atoms with E-state index in [4.69, 9.17) is 4.74 Å². The number of nitrogens with one attached hydrogen (secondary N) is 1. The van der Waals surface area contributed by atoms with E-state index in [1.165, 1.54) is 11.6 Å². The summed E-state index contributed by atoms with van der Waals surface area (Å²) in [7, 11) is 3.35. The van der Waals surface area contributed by atoms with Gasteiger partial charge >= 0.3 is 0 Å². The summed E-state index contributed by atoms with van der Waals surface area (Å²) in [6.45, 7) is 4.48. The van der Waals surface area contributed by atoms with Crippen LogP contribution in [0.1, 0.15) is 47.9 Å². The monoisotopic (exact) mass is 397 g/mol. The number of benzene rings is 1. The minimum Gasteiger partial charge on any atom is -0.497 e. The van der Waals surface area contributed by atoms with E-state index in [9.17, 15) is 9.18 Å². The van der Waals surface area contributed by atoms with Crippen molar-refractivity contribution in [1.29, 1.82) is 0 Å². The first-order valence-corrected chi connectivity index (χ1v) is 9.82. The molecule has 29 heavy (non-hydrogen) atoms. The van der Waals surface area contributed by atoms with Gasteiger partial charge in [0.25, 0.3) is 5.91 Å². The number of allylic oxidation sites excluding steroid dienone is 4. The van der Waals surface area contributed by atoms with Gasteiger partial charge in [0.1, 0.15) is 17.3 Å². The Morgan fingerprint density at radius 3 is 2.86 bits per heavy atom. The highest BCUT2D eigenvalue weighted by Gasteiger charge is 2.30. The number of hydrogen-bond donors (Lipinski definition) is 1. The first-order chi connectivity index (χ1) is 13.8. The number of aromatic nitrogens is 2. The highest BCUT2D eigenvalue weighted by molar-refractivity contribution is 5.92. The van der Waals surface area contributed by atoms with Crippen LogP contribution in [0.5, 0.6) is 5.75 Å². The molecule has 1 aromatic heterocycles. The zero-order chi connectivity index (χ0) is 21.0. The van der Waals surface area contributed by atoms with Gasteiger partial charge in [-0.15, -0.1) is 0 Å². The quantitative estimate of drug-likeness (QED) is 0.712. The lowest BCUT2D eigenvalue weighted by molar-refractivity contribution is 0.0943. The molecule has 0 bridgehead atoms. The Morgan fingerprint density at radius 1 is 1.38 bits per heavy atom. The summed E-state index contributed by atoms with van der Waals surface area (Å²) in [5.41, 5.74) is 2.84. The molecule has 0 saturated carbocycles. The van der Waals surface area contributed by atoms with E-state index >= 15 is 0 Å². The van der Waals surface area contributed by atoms with Crippen LogP contribution in [-0.2, 0) is 12.5 Å². The number of halogens is 1. The molecule has 0 spiro atoms. The summed E-state index contributed by atoms with van der Waals surface area (Å²) in [6, 6.07) is 6.65. The van der Waals surface area contributed by atoms with Gasteiger partial charge in [-0.05, 0) is 50.5 Å². The summed E-state index contributed by atoms with van der Waals surface area (Å²) in [6.07, 6.45) is 8.53. The molecule has 1 amide bonds. The number of nitrogens with zero attached hydrogens (tertiary/aromatic N) is 2. The lowest BCUT2D eigenvalue weighted by Crippen LogP contribution is -2.27. The van der Waals surface area contributed by atoms with E-state index in [0.29, 0.717) is 23.6 Å². The van der Waals surface area contributed by atoms with Gasteiger partial charge in [0.2, 0.25) is 0 Å². The second-order valence-corrected chi connectivity index (χ2v) is 7.78. The molecular formula is C23H28FN3O2. The maximum absolute atomic E-state index is 14.5. The fraction of sp³-hybridized carbons (Fsp3) is 0.391. The molecule has 0 saturated heterocycles. The number of ether oxygens (including phenoxy) is 1. The number of amides is 1. The van der Waals surface area contributed by atoms with Crippen LogP contribution >= 0.6 is 0 Å². The van der Waals surface area contributed by atoms with Gasteiger partial charge in [0.15, 0.2) is 0 Å². The summed E-state index contributed by atoms with van der Waals surface area (Å²) in [4.78, 5) is 12.3. The number of carbonyl (C=O) groups is 1. The van der Waals surface area contributed by atoms with Crippen molar-refractivity contribution in [2.75, 3.05) is 13.7 Å². The first kappa shape index (κ1) is 20.8. The third-order valence-corrected chi connectivity index (χ3v) is 5.37. The zero-order valence-electron chi connectivity index (χ0n) is 17.5. The molecule has 3 rings (SSSR count). The zero-order valence-corrected chi connectivity index (χ0v) is 17.5. The SMILES string of the molecule is COc1ccc(F)c(C2(C)C=CC=C(CCCNC(=O)c3cc(C)nn3C)C2)c1. The maximum Gasteiger partial charge on any atom is 0.269 e. The van der Waals surface area contributed by atoms with Gasteiger partial charge in [-0.1, -0.05) is 30.7 Å². The van der Waals surface area contributed by atoms with E-state index in [2.05, 4.69) is 16.5 Å². The van der Waals surface area contributed by atoms with Crippen LogP contribution in [-0.4, -0.2) is 29.3 Å². The second-order valence-electron chi connectivity index (χ2n) is 7.78. The fourth-order valence-electron chi connectivity index (χ4n) is 3.84. The predicted octanol–water partition coefficient (Wildman–Crippen LogP) is 4.23. The van der Waals surface area contributed by atoms with E-state index in [1.807, 2.05) is 26.0 Å². The number of methoxy groups -OCH3 is 1. The summed E-state index contributed by atoms with van der Waals surface area (Å²) >= 11 is 0. The maximum atomic E-state index is 14.5. The van der Waals surface area contributed by atoms with Crippen LogP contribution in [0, 0.1) is 12.7 Å². The van der Waals surface area contributed by atoms with Crippen molar-refractivity contribution in [2.45, 2.75) is 38.5 Å². The molecule has 0 aliphatic heterocycles. The van der Waals surface area contributed by atoms with Crippen LogP contribution < -0.4 is 10.1 Å². The molecule has 1 heterocycles. The van der Waals surface area contributed by atoms with Crippen LogP contribution in [0.25, 0.3) is 0 Å². The molecule has 5 nitrogen and oxygen atoms in total. The second kappa shape index (κ2) is 8.64. The van der Waals surface area contributed by atoms with Gasteiger partial charge in [-0.25, -0.2) is 4.39 Å². The summed E-state index contributed by atoms with van der Waals surface area (Å²) in [5.74, 6) is 0.312. The Morgan fingerprint density at radius 2 is 2.17 bits per heavy atom. The van der Waals surface area contributed by atoms with Gasteiger partial charge in [0, 0.05) is 24.6 Å². The van der Waals surface area contributed by atoms with Crippen LogP contribution in [0.3, 0.4) is 0 Å². The Bertz CT molecular complexity index is 961. The van der Waals surface area contributed by atoms with Gasteiger partial charge < -0.3 is 10.1 Å². The van der Waals surface area contributed by atoms with E-state index in [-0.39, 0.29) is 11.7 Å². The topological polar surface area (TPSA) is 56.1 Å². The van der Waals surface area contributed by atoms with Crippen molar-refractivity contribution in [3.8, 4) is 5.75 Å². The predicted molar refractivity (Wildman–Crippen MR) is 112 cm³/mol. The fourth-order valence-corrected chi connectivity index (χ4v) is 3.84. The highest BCUT2D eigenvalue weighted by Crippen LogP contribution is 2.39. The largest absolute Gasteiger partial charge is 0.497 e. The van der Waals surface area contributed by atoms with Gasteiger partial charge in [0.05, 0.1) is 12.8 Å². The minimum atomic E-state index is -0.418. The summed E-state index contributed by atoms with van der Waals surface area (Å²) < 4.78 is 21.3. The third kappa shape index (κ3) is 4.75. The lowest BCUT2D eigenvalue weighted by atomic mass is 9.73. The molecule has 2 aromatic rings. The standard InChI is InChI=1S/C23H28FN3O2/c1-16-13-21(27(3)26-16)22(28)25-12-6-8-17-7-5-11-23(2,15-17)19-14-18(29-4)9-10-20(19)24/h5,7,9-11,13-14H,6,8,12,15H2,1-4H3,(H,25,28). The minimum absolute atomic E-state index is 0.117. The Balaban J connectivity index is 1.56. The molecule has 6 heteroatoms.